The number of hydrogen-bond acceptors (Lipinski definition) is 6. The van der Waals surface area contributed by atoms with Crippen molar-refractivity contribution in [2.45, 2.75) is 406 Å². The Morgan fingerprint density at radius 3 is 0.744 bits per heavy atom. The highest BCUT2D eigenvalue weighted by Crippen LogP contribution is 2.19. The highest BCUT2D eigenvalue weighted by molar-refractivity contribution is 5.71. The second-order valence-electron chi connectivity index (χ2n) is 24.8. The van der Waals surface area contributed by atoms with Gasteiger partial charge in [0.2, 0.25) is 0 Å². The van der Waals surface area contributed by atoms with E-state index in [9.17, 15) is 14.4 Å². The Bertz CT molecular complexity index is 1410. The summed E-state index contributed by atoms with van der Waals surface area (Å²) in [7, 11) is 0. The van der Waals surface area contributed by atoms with Gasteiger partial charge in [0.15, 0.2) is 6.10 Å². The Kier molecular flexibility index (Phi) is 68.6. The van der Waals surface area contributed by atoms with Crippen LogP contribution in [0.25, 0.3) is 0 Å². The van der Waals surface area contributed by atoms with E-state index in [1.165, 1.54) is 276 Å². The van der Waals surface area contributed by atoms with Gasteiger partial charge in [-0.2, -0.15) is 0 Å². The van der Waals surface area contributed by atoms with Crippen LogP contribution in [0, 0.1) is 0 Å². The fraction of sp³-hybridized carbons (Fsp3) is 0.855. The van der Waals surface area contributed by atoms with Gasteiger partial charge in [0, 0.05) is 19.3 Å². The highest BCUT2D eigenvalue weighted by atomic mass is 16.6. The second kappa shape index (κ2) is 70.9. The van der Waals surface area contributed by atoms with Crippen molar-refractivity contribution >= 4 is 17.9 Å². The van der Waals surface area contributed by atoms with Crippen LogP contribution in [0.3, 0.4) is 0 Å². The summed E-state index contributed by atoms with van der Waals surface area (Å²) in [5.41, 5.74) is 0. The zero-order chi connectivity index (χ0) is 59.2. The summed E-state index contributed by atoms with van der Waals surface area (Å²) in [6, 6.07) is 0. The smallest absolute Gasteiger partial charge is 0.306 e. The third-order valence-corrected chi connectivity index (χ3v) is 16.6. The molecule has 0 fully saturated rings. The fourth-order valence-electron chi connectivity index (χ4n) is 11.1. The topological polar surface area (TPSA) is 78.9 Å². The molecule has 0 spiro atoms. The Labute approximate surface area is 511 Å². The zero-order valence-electron chi connectivity index (χ0n) is 55.3. The lowest BCUT2D eigenvalue weighted by Crippen LogP contribution is -2.30. The van der Waals surface area contributed by atoms with Crippen molar-refractivity contribution in [3.8, 4) is 0 Å². The van der Waals surface area contributed by atoms with Gasteiger partial charge in [0.1, 0.15) is 13.2 Å². The van der Waals surface area contributed by atoms with Crippen LogP contribution in [-0.2, 0) is 28.6 Å². The molecule has 0 aliphatic rings. The van der Waals surface area contributed by atoms with Gasteiger partial charge in [-0.1, -0.05) is 371 Å². The molecule has 0 bridgehead atoms. The number of allylic oxidation sites excluding steroid dienone is 8. The molecule has 0 heterocycles. The van der Waals surface area contributed by atoms with Gasteiger partial charge in [0.05, 0.1) is 0 Å². The minimum atomic E-state index is -0.789. The van der Waals surface area contributed by atoms with Gasteiger partial charge < -0.3 is 14.2 Å². The highest BCUT2D eigenvalue weighted by Gasteiger charge is 2.19. The van der Waals surface area contributed by atoms with Crippen LogP contribution in [-0.4, -0.2) is 37.2 Å². The fourth-order valence-corrected chi connectivity index (χ4v) is 11.1. The minimum Gasteiger partial charge on any atom is -0.462 e. The predicted octanol–water partition coefficient (Wildman–Crippen LogP) is 25.3. The first-order valence-electron chi connectivity index (χ1n) is 36.6. The van der Waals surface area contributed by atoms with Crippen LogP contribution >= 0.6 is 0 Å². The molecule has 0 saturated carbocycles. The third kappa shape index (κ3) is 68.2. The Morgan fingerprint density at radius 1 is 0.256 bits per heavy atom. The monoisotopic (exact) mass is 1150 g/mol. The summed E-state index contributed by atoms with van der Waals surface area (Å²) in [4.78, 5) is 38.5. The summed E-state index contributed by atoms with van der Waals surface area (Å²) >= 11 is 0. The van der Waals surface area contributed by atoms with Gasteiger partial charge in [-0.15, -0.1) is 0 Å². The summed E-state index contributed by atoms with van der Waals surface area (Å²) in [5, 5.41) is 0. The van der Waals surface area contributed by atoms with E-state index in [0.29, 0.717) is 19.3 Å². The number of carbonyl (C=O) groups is 3. The summed E-state index contributed by atoms with van der Waals surface area (Å²) in [5.74, 6) is -0.894. The summed E-state index contributed by atoms with van der Waals surface area (Å²) in [6.45, 7) is 6.57. The molecule has 0 saturated heterocycles. The van der Waals surface area contributed by atoms with E-state index in [1.54, 1.807) is 0 Å². The van der Waals surface area contributed by atoms with Gasteiger partial charge >= 0.3 is 17.9 Å². The molecule has 480 valence electrons. The minimum absolute atomic E-state index is 0.0808. The van der Waals surface area contributed by atoms with Crippen molar-refractivity contribution in [3.63, 3.8) is 0 Å². The SMILES string of the molecule is CC/C=C\C/C=C\C/C=C\C/C=C\CCCCC(=O)OCC(COC(=O)CCCCCCCCCCCCCCCCCCCCCCCCCCCC)OC(=O)CCCCCCCCCCCCCCCCCCCCCCCCC. The number of unbranched alkanes of at least 4 members (excludes halogenated alkanes) is 49. The van der Waals surface area contributed by atoms with Gasteiger partial charge in [-0.05, 0) is 57.8 Å². The van der Waals surface area contributed by atoms with Crippen LogP contribution in [0.15, 0.2) is 48.6 Å². The molecule has 0 aliphatic heterocycles. The number of rotatable bonds is 68. The molecule has 0 aromatic heterocycles. The molecule has 82 heavy (non-hydrogen) atoms. The maximum Gasteiger partial charge on any atom is 0.306 e. The largest absolute Gasteiger partial charge is 0.462 e. The lowest BCUT2D eigenvalue weighted by atomic mass is 10.0. The standard InChI is InChI=1S/C76H140O6/c1-4-7-10-13-16-19-22-25-28-30-32-34-36-37-38-40-41-43-45-48-51-54-57-60-63-66-69-75(78)81-72-73(71-80-74(77)68-65-62-59-56-53-50-47-27-24-21-18-15-12-9-6-3)82-76(79)70-67-64-61-58-55-52-49-46-44-42-39-35-33-31-29-26-23-20-17-14-11-8-5-2/h9,12,18,21,27,47,53,56,73H,4-8,10-11,13-17,19-20,22-26,28-46,48-52,54-55,57-72H2,1-3H3/b12-9-,21-18-,47-27-,56-53-. The van der Waals surface area contributed by atoms with E-state index in [0.717, 1.165) is 83.5 Å². The average Bonchev–Trinajstić information content (AvgIpc) is 3.47. The van der Waals surface area contributed by atoms with Crippen molar-refractivity contribution in [1.82, 2.24) is 0 Å². The maximum absolute atomic E-state index is 13.0. The lowest BCUT2D eigenvalue weighted by Gasteiger charge is -2.18. The van der Waals surface area contributed by atoms with E-state index in [2.05, 4.69) is 69.4 Å². The molecule has 0 radical (unpaired) electrons. The van der Waals surface area contributed by atoms with Crippen molar-refractivity contribution in [2.75, 3.05) is 13.2 Å². The van der Waals surface area contributed by atoms with E-state index in [-0.39, 0.29) is 31.1 Å². The number of carbonyl (C=O) groups excluding carboxylic acids is 3. The van der Waals surface area contributed by atoms with Crippen LogP contribution in [0.2, 0.25) is 0 Å². The first-order valence-corrected chi connectivity index (χ1v) is 36.6. The molecular weight excluding hydrogens is 1010 g/mol. The van der Waals surface area contributed by atoms with E-state index in [4.69, 9.17) is 14.2 Å². The molecule has 0 aromatic carbocycles. The summed E-state index contributed by atoms with van der Waals surface area (Å²) in [6.07, 6.45) is 90.2. The van der Waals surface area contributed by atoms with E-state index in [1.807, 2.05) is 0 Å². The molecule has 1 unspecified atom stereocenters. The van der Waals surface area contributed by atoms with E-state index < -0.39 is 6.10 Å². The van der Waals surface area contributed by atoms with Crippen molar-refractivity contribution in [3.05, 3.63) is 48.6 Å². The first kappa shape index (κ1) is 79.4. The average molecular weight is 1150 g/mol. The normalized spacial score (nSPS) is 12.3. The van der Waals surface area contributed by atoms with Crippen LogP contribution < -0.4 is 0 Å². The molecular formula is C76H140O6. The molecule has 0 N–H and O–H groups in total. The third-order valence-electron chi connectivity index (χ3n) is 16.6. The second-order valence-corrected chi connectivity index (χ2v) is 24.8. The lowest BCUT2D eigenvalue weighted by molar-refractivity contribution is -0.167. The zero-order valence-corrected chi connectivity index (χ0v) is 55.3. The first-order chi connectivity index (χ1) is 40.5. The van der Waals surface area contributed by atoms with Gasteiger partial charge in [0.25, 0.3) is 0 Å². The molecule has 0 rings (SSSR count). The Balaban J connectivity index is 4.26. The Hall–Kier alpha value is -2.63. The molecule has 0 aromatic rings. The van der Waals surface area contributed by atoms with Crippen LogP contribution in [0.1, 0.15) is 400 Å². The van der Waals surface area contributed by atoms with Crippen LogP contribution in [0.4, 0.5) is 0 Å². The molecule has 1 atom stereocenters. The van der Waals surface area contributed by atoms with Crippen molar-refractivity contribution in [1.29, 1.82) is 0 Å². The van der Waals surface area contributed by atoms with Crippen LogP contribution in [0.5, 0.6) is 0 Å². The van der Waals surface area contributed by atoms with Gasteiger partial charge in [-0.25, -0.2) is 0 Å². The van der Waals surface area contributed by atoms with E-state index >= 15 is 0 Å². The molecule has 6 nitrogen and oxygen atoms in total. The quantitative estimate of drug-likeness (QED) is 0.0261. The molecule has 6 heteroatoms. The van der Waals surface area contributed by atoms with Gasteiger partial charge in [-0.3, -0.25) is 14.4 Å². The molecule has 0 aliphatic carbocycles. The molecule has 0 amide bonds. The summed E-state index contributed by atoms with van der Waals surface area (Å²) < 4.78 is 17.0. The maximum atomic E-state index is 13.0. The van der Waals surface area contributed by atoms with Crippen molar-refractivity contribution < 1.29 is 28.6 Å². The van der Waals surface area contributed by atoms with Crippen molar-refractivity contribution in [2.24, 2.45) is 0 Å². The number of hydrogen-bond donors (Lipinski definition) is 0. The predicted molar refractivity (Wildman–Crippen MR) is 358 cm³/mol. The Morgan fingerprint density at radius 2 is 0.476 bits per heavy atom. The number of esters is 3. The number of ether oxygens (including phenoxy) is 3.